The summed E-state index contributed by atoms with van der Waals surface area (Å²) in [4.78, 5) is 33.8. The molecule has 0 unspecified atom stereocenters. The normalized spacial score (nSPS) is 15.8. The van der Waals surface area contributed by atoms with Crippen molar-refractivity contribution in [3.05, 3.63) is 10.6 Å². The van der Waals surface area contributed by atoms with Crippen LogP contribution in [0.5, 0.6) is 0 Å². The molecule has 1 heterocycles. The SMILES string of the molecule is O=C(O)CCCCN1C(=O)C=C(Br)C1=O. The molecule has 0 saturated carbocycles. The summed E-state index contributed by atoms with van der Waals surface area (Å²) in [5.74, 6) is -1.56. The number of halogens is 1. The topological polar surface area (TPSA) is 74.7 Å². The second-order valence-electron chi connectivity index (χ2n) is 3.14. The van der Waals surface area contributed by atoms with E-state index in [1.54, 1.807) is 0 Å². The Labute approximate surface area is 94.9 Å². The van der Waals surface area contributed by atoms with Crippen LogP contribution in [0, 0.1) is 0 Å². The van der Waals surface area contributed by atoms with E-state index >= 15 is 0 Å². The van der Waals surface area contributed by atoms with E-state index in [1.165, 1.54) is 6.08 Å². The molecule has 6 heteroatoms. The van der Waals surface area contributed by atoms with Crippen LogP contribution >= 0.6 is 15.9 Å². The van der Waals surface area contributed by atoms with Crippen molar-refractivity contribution in [1.82, 2.24) is 4.90 Å². The average Bonchev–Trinajstić information content (AvgIpc) is 2.37. The fraction of sp³-hybridized carbons (Fsp3) is 0.444. The third-order valence-corrected chi connectivity index (χ3v) is 2.56. The predicted molar refractivity (Wildman–Crippen MR) is 55.2 cm³/mol. The van der Waals surface area contributed by atoms with Gasteiger partial charge in [-0.1, -0.05) is 0 Å². The zero-order chi connectivity index (χ0) is 11.4. The van der Waals surface area contributed by atoms with Gasteiger partial charge in [-0.15, -0.1) is 0 Å². The summed E-state index contributed by atoms with van der Waals surface area (Å²) in [6.45, 7) is 0.274. The molecule has 2 amide bonds. The molecule has 15 heavy (non-hydrogen) atoms. The lowest BCUT2D eigenvalue weighted by atomic mass is 10.2. The molecule has 0 fully saturated rings. The summed E-state index contributed by atoms with van der Waals surface area (Å²) in [5.41, 5.74) is 0. The first kappa shape index (κ1) is 11.9. The van der Waals surface area contributed by atoms with Crippen LogP contribution in [0.4, 0.5) is 0 Å². The van der Waals surface area contributed by atoms with E-state index in [2.05, 4.69) is 15.9 Å². The maximum absolute atomic E-state index is 11.3. The molecule has 0 aromatic heterocycles. The molecule has 0 bridgehead atoms. The lowest BCUT2D eigenvalue weighted by Gasteiger charge is -2.12. The van der Waals surface area contributed by atoms with Crippen LogP contribution in [0.2, 0.25) is 0 Å². The average molecular weight is 276 g/mol. The van der Waals surface area contributed by atoms with Gasteiger partial charge in [-0.2, -0.15) is 0 Å². The number of carboxylic acids is 1. The fourth-order valence-corrected chi connectivity index (χ4v) is 1.64. The number of carbonyl (C=O) groups excluding carboxylic acids is 2. The van der Waals surface area contributed by atoms with Crippen molar-refractivity contribution in [1.29, 1.82) is 0 Å². The highest BCUT2D eigenvalue weighted by Crippen LogP contribution is 2.18. The summed E-state index contributed by atoms with van der Waals surface area (Å²) < 4.78 is 0.255. The van der Waals surface area contributed by atoms with Crippen molar-refractivity contribution in [3.63, 3.8) is 0 Å². The van der Waals surface area contributed by atoms with Crippen molar-refractivity contribution in [2.75, 3.05) is 6.54 Å². The third kappa shape index (κ3) is 3.16. The Hall–Kier alpha value is -1.17. The van der Waals surface area contributed by atoms with Crippen molar-refractivity contribution in [2.45, 2.75) is 19.3 Å². The zero-order valence-corrected chi connectivity index (χ0v) is 9.49. The Morgan fingerprint density at radius 1 is 1.40 bits per heavy atom. The molecule has 0 atom stereocenters. The van der Waals surface area contributed by atoms with Gasteiger partial charge in [0.05, 0.1) is 4.48 Å². The molecule has 0 aromatic rings. The van der Waals surface area contributed by atoms with Gasteiger partial charge in [0.25, 0.3) is 11.8 Å². The second-order valence-corrected chi connectivity index (χ2v) is 3.99. The fourth-order valence-electron chi connectivity index (χ4n) is 1.23. The Bertz CT molecular complexity index is 337. The summed E-state index contributed by atoms with van der Waals surface area (Å²) >= 11 is 2.97. The van der Waals surface area contributed by atoms with Crippen LogP contribution in [0.25, 0.3) is 0 Å². The molecule has 0 radical (unpaired) electrons. The minimum atomic E-state index is -0.867. The number of hydrogen-bond donors (Lipinski definition) is 1. The number of aliphatic carboxylic acids is 1. The van der Waals surface area contributed by atoms with Gasteiger partial charge >= 0.3 is 5.97 Å². The van der Waals surface area contributed by atoms with Gasteiger partial charge < -0.3 is 5.11 Å². The van der Waals surface area contributed by atoms with Crippen LogP contribution in [0.3, 0.4) is 0 Å². The van der Waals surface area contributed by atoms with E-state index in [0.717, 1.165) is 4.90 Å². The maximum Gasteiger partial charge on any atom is 0.303 e. The van der Waals surface area contributed by atoms with Crippen molar-refractivity contribution in [2.24, 2.45) is 0 Å². The first-order chi connectivity index (χ1) is 7.02. The number of hydrogen-bond acceptors (Lipinski definition) is 3. The van der Waals surface area contributed by atoms with Crippen molar-refractivity contribution < 1.29 is 19.5 Å². The van der Waals surface area contributed by atoms with Gasteiger partial charge in [0.2, 0.25) is 0 Å². The molecule has 1 aliphatic rings. The van der Waals surface area contributed by atoms with Gasteiger partial charge in [-0.3, -0.25) is 19.3 Å². The maximum atomic E-state index is 11.3. The lowest BCUT2D eigenvalue weighted by molar-refractivity contribution is -0.137. The predicted octanol–water partition coefficient (Wildman–Crippen LogP) is 0.889. The number of nitrogens with zero attached hydrogens (tertiary/aromatic N) is 1. The van der Waals surface area contributed by atoms with Gasteiger partial charge in [-0.25, -0.2) is 0 Å². The molecular formula is C9H10BrNO4. The number of carbonyl (C=O) groups is 3. The molecule has 82 valence electrons. The smallest absolute Gasteiger partial charge is 0.303 e. The Morgan fingerprint density at radius 2 is 2.07 bits per heavy atom. The van der Waals surface area contributed by atoms with Gasteiger partial charge in [0.1, 0.15) is 0 Å². The number of rotatable bonds is 5. The van der Waals surface area contributed by atoms with Crippen molar-refractivity contribution in [3.8, 4) is 0 Å². The standard InChI is InChI=1S/C9H10BrNO4/c10-6-5-7(12)11(9(6)15)4-2-1-3-8(13)14/h5H,1-4H2,(H,13,14). The number of imide groups is 1. The van der Waals surface area contributed by atoms with Crippen LogP contribution in [0.15, 0.2) is 10.6 Å². The van der Waals surface area contributed by atoms with Crippen LogP contribution in [0.1, 0.15) is 19.3 Å². The summed E-state index contributed by atoms with van der Waals surface area (Å²) in [5, 5.41) is 8.39. The van der Waals surface area contributed by atoms with Crippen LogP contribution in [-0.4, -0.2) is 34.3 Å². The van der Waals surface area contributed by atoms with Crippen LogP contribution in [-0.2, 0) is 14.4 Å². The highest BCUT2D eigenvalue weighted by Gasteiger charge is 2.28. The van der Waals surface area contributed by atoms with E-state index < -0.39 is 5.97 Å². The third-order valence-electron chi connectivity index (χ3n) is 1.99. The highest BCUT2D eigenvalue weighted by molar-refractivity contribution is 9.12. The van der Waals surface area contributed by atoms with E-state index in [4.69, 9.17) is 5.11 Å². The first-order valence-electron chi connectivity index (χ1n) is 4.47. The molecule has 5 nitrogen and oxygen atoms in total. The molecule has 0 aromatic carbocycles. The second kappa shape index (κ2) is 5.06. The Kier molecular flexibility index (Phi) is 4.02. The summed E-state index contributed by atoms with van der Waals surface area (Å²) in [7, 11) is 0. The zero-order valence-electron chi connectivity index (χ0n) is 7.90. The largest absolute Gasteiger partial charge is 0.481 e. The van der Waals surface area contributed by atoms with E-state index in [9.17, 15) is 14.4 Å². The monoisotopic (exact) mass is 275 g/mol. The molecular weight excluding hydrogens is 266 g/mol. The van der Waals surface area contributed by atoms with Crippen LogP contribution < -0.4 is 0 Å². The summed E-state index contributed by atoms with van der Waals surface area (Å²) in [6, 6.07) is 0. The van der Waals surface area contributed by atoms with E-state index in [0.29, 0.717) is 12.8 Å². The van der Waals surface area contributed by atoms with Gasteiger partial charge in [-0.05, 0) is 28.8 Å². The molecule has 1 aliphatic heterocycles. The number of unbranched alkanes of at least 4 members (excludes halogenated alkanes) is 1. The lowest BCUT2D eigenvalue weighted by Crippen LogP contribution is -2.31. The van der Waals surface area contributed by atoms with Gasteiger partial charge in [0, 0.05) is 19.0 Å². The quantitative estimate of drug-likeness (QED) is 0.597. The number of amides is 2. The molecule has 0 aliphatic carbocycles. The summed E-state index contributed by atoms with van der Waals surface area (Å²) in [6.07, 6.45) is 2.26. The number of carboxylic acid groups (broad SMARTS) is 1. The molecule has 1 N–H and O–H groups in total. The molecule has 0 spiro atoms. The highest BCUT2D eigenvalue weighted by atomic mass is 79.9. The van der Waals surface area contributed by atoms with E-state index in [-0.39, 0.29) is 29.3 Å². The Morgan fingerprint density at radius 3 is 2.53 bits per heavy atom. The minimum Gasteiger partial charge on any atom is -0.481 e. The van der Waals surface area contributed by atoms with E-state index in [1.807, 2.05) is 0 Å². The molecule has 0 saturated heterocycles. The van der Waals surface area contributed by atoms with Gasteiger partial charge in [0.15, 0.2) is 0 Å². The molecule has 1 rings (SSSR count). The minimum absolute atomic E-state index is 0.0603. The Balaban J connectivity index is 2.32. The first-order valence-corrected chi connectivity index (χ1v) is 5.26. The van der Waals surface area contributed by atoms with Crippen molar-refractivity contribution >= 4 is 33.7 Å².